The number of rotatable bonds is 6. The molecule has 1 N–H and O–H groups in total. The smallest absolute Gasteiger partial charge is 0.266 e. The molecule has 8 heteroatoms. The number of nitrogens with one attached hydrogen (secondary N) is 1. The van der Waals surface area contributed by atoms with E-state index in [1.807, 2.05) is 0 Å². The van der Waals surface area contributed by atoms with E-state index in [0.717, 1.165) is 18.5 Å². The summed E-state index contributed by atoms with van der Waals surface area (Å²) in [5, 5.41) is 4.30. The fraction of sp³-hybridized carbons (Fsp3) is 0.333. The number of sulfonamides is 1. The molecule has 1 aliphatic carbocycles. The molecule has 2 aromatic rings. The summed E-state index contributed by atoms with van der Waals surface area (Å²) in [6.07, 6.45) is 2.19. The van der Waals surface area contributed by atoms with Crippen LogP contribution in [-0.4, -0.2) is 24.7 Å². The Morgan fingerprint density at radius 1 is 1.22 bits per heavy atom. The van der Waals surface area contributed by atoms with Gasteiger partial charge in [-0.3, -0.25) is 4.79 Å². The van der Waals surface area contributed by atoms with Crippen LogP contribution in [0.5, 0.6) is 0 Å². The van der Waals surface area contributed by atoms with Crippen LogP contribution in [0.1, 0.15) is 24.5 Å². The van der Waals surface area contributed by atoms with Crippen LogP contribution in [0, 0.1) is 0 Å². The van der Waals surface area contributed by atoms with E-state index >= 15 is 0 Å². The first-order valence-electron chi connectivity index (χ1n) is 7.29. The molecule has 1 aromatic heterocycles. The number of nitrogens with zero attached hydrogens (tertiary/aromatic N) is 2. The summed E-state index contributed by atoms with van der Waals surface area (Å²) < 4.78 is 28.8. The summed E-state index contributed by atoms with van der Waals surface area (Å²) >= 11 is 3.23. The van der Waals surface area contributed by atoms with Crippen molar-refractivity contribution in [1.29, 1.82) is 0 Å². The van der Waals surface area contributed by atoms with Crippen LogP contribution in [-0.2, 0) is 16.6 Å². The Morgan fingerprint density at radius 2 is 1.96 bits per heavy atom. The largest absolute Gasteiger partial charge is 0.268 e. The van der Waals surface area contributed by atoms with Gasteiger partial charge in [0.25, 0.3) is 5.56 Å². The maximum atomic E-state index is 12.3. The van der Waals surface area contributed by atoms with E-state index in [0.29, 0.717) is 10.4 Å². The van der Waals surface area contributed by atoms with Crippen LogP contribution in [0.2, 0.25) is 0 Å². The van der Waals surface area contributed by atoms with Gasteiger partial charge in [-0.15, -0.1) is 0 Å². The third-order valence-electron chi connectivity index (χ3n) is 3.62. The summed E-state index contributed by atoms with van der Waals surface area (Å²) in [6, 6.07) is 9.83. The molecule has 1 aromatic carbocycles. The van der Waals surface area contributed by atoms with Gasteiger partial charge in [0.05, 0.1) is 17.1 Å². The highest BCUT2D eigenvalue weighted by molar-refractivity contribution is 9.10. The molecule has 6 nitrogen and oxygen atoms in total. The SMILES string of the molecule is O=c1ccc(C2CC2)nn1CCNS(=O)(=O)c1ccccc1Br. The molecule has 0 spiro atoms. The van der Waals surface area contributed by atoms with Gasteiger partial charge in [0, 0.05) is 23.0 Å². The molecule has 3 rings (SSSR count). The van der Waals surface area contributed by atoms with Gasteiger partial charge in [0.1, 0.15) is 0 Å². The molecule has 23 heavy (non-hydrogen) atoms. The van der Waals surface area contributed by atoms with Gasteiger partial charge in [-0.25, -0.2) is 17.8 Å². The van der Waals surface area contributed by atoms with Crippen molar-refractivity contribution in [3.63, 3.8) is 0 Å². The Morgan fingerprint density at radius 3 is 2.65 bits per heavy atom. The first kappa shape index (κ1) is 16.4. The van der Waals surface area contributed by atoms with Crippen LogP contribution in [0.15, 0.2) is 50.6 Å². The predicted octanol–water partition coefficient (Wildman–Crippen LogP) is 1.86. The molecule has 1 aliphatic rings. The van der Waals surface area contributed by atoms with E-state index in [2.05, 4.69) is 25.8 Å². The van der Waals surface area contributed by atoms with Gasteiger partial charge in [-0.2, -0.15) is 5.10 Å². The Kier molecular flexibility index (Phi) is 4.65. The molecule has 122 valence electrons. The maximum Gasteiger partial charge on any atom is 0.266 e. The van der Waals surface area contributed by atoms with Crippen LogP contribution in [0.3, 0.4) is 0 Å². The molecular formula is C15H16BrN3O3S. The van der Waals surface area contributed by atoms with Crippen molar-refractivity contribution >= 4 is 26.0 Å². The molecule has 1 heterocycles. The zero-order valence-corrected chi connectivity index (χ0v) is 14.7. The van der Waals surface area contributed by atoms with Crippen LogP contribution < -0.4 is 10.3 Å². The third kappa shape index (κ3) is 3.88. The van der Waals surface area contributed by atoms with Gasteiger partial charge >= 0.3 is 0 Å². The quantitative estimate of drug-likeness (QED) is 0.806. The number of aromatic nitrogens is 2. The maximum absolute atomic E-state index is 12.3. The molecule has 0 amide bonds. The summed E-state index contributed by atoms with van der Waals surface area (Å²) in [6.45, 7) is 0.299. The molecule has 0 aliphatic heterocycles. The lowest BCUT2D eigenvalue weighted by Crippen LogP contribution is -2.32. The molecule has 1 fully saturated rings. The minimum absolute atomic E-state index is 0.102. The Bertz CT molecular complexity index is 876. The van der Waals surface area contributed by atoms with E-state index < -0.39 is 10.0 Å². The summed E-state index contributed by atoms with van der Waals surface area (Å²) in [5.41, 5.74) is 0.674. The fourth-order valence-electron chi connectivity index (χ4n) is 2.25. The molecule has 0 bridgehead atoms. The number of hydrogen-bond acceptors (Lipinski definition) is 4. The Hall–Kier alpha value is -1.51. The molecular weight excluding hydrogens is 382 g/mol. The van der Waals surface area contributed by atoms with Crippen molar-refractivity contribution in [2.75, 3.05) is 6.54 Å². The van der Waals surface area contributed by atoms with Crippen molar-refractivity contribution < 1.29 is 8.42 Å². The zero-order valence-electron chi connectivity index (χ0n) is 12.3. The number of halogens is 1. The first-order chi connectivity index (χ1) is 11.0. The fourth-order valence-corrected chi connectivity index (χ4v) is 4.27. The average Bonchev–Trinajstić information content (AvgIpc) is 3.34. The summed E-state index contributed by atoms with van der Waals surface area (Å²) in [5.74, 6) is 0.443. The van der Waals surface area contributed by atoms with Crippen molar-refractivity contribution in [2.45, 2.75) is 30.2 Å². The van der Waals surface area contributed by atoms with Crippen LogP contribution in [0.4, 0.5) is 0 Å². The van der Waals surface area contributed by atoms with Gasteiger partial charge in [-0.1, -0.05) is 12.1 Å². The number of benzene rings is 1. The van der Waals surface area contributed by atoms with Crippen molar-refractivity contribution in [3.8, 4) is 0 Å². The lowest BCUT2D eigenvalue weighted by atomic mass is 10.3. The van der Waals surface area contributed by atoms with Gasteiger partial charge in [0.15, 0.2) is 0 Å². The van der Waals surface area contributed by atoms with E-state index in [4.69, 9.17) is 0 Å². The van der Waals surface area contributed by atoms with Gasteiger partial charge < -0.3 is 0 Å². The van der Waals surface area contributed by atoms with Crippen molar-refractivity contribution in [2.24, 2.45) is 0 Å². The normalized spacial score (nSPS) is 14.8. The monoisotopic (exact) mass is 397 g/mol. The highest BCUT2D eigenvalue weighted by atomic mass is 79.9. The zero-order chi connectivity index (χ0) is 16.4. The average molecular weight is 398 g/mol. The van der Waals surface area contributed by atoms with E-state index in [9.17, 15) is 13.2 Å². The Balaban J connectivity index is 1.69. The molecule has 0 radical (unpaired) electrons. The molecule has 0 saturated heterocycles. The van der Waals surface area contributed by atoms with Gasteiger partial charge in [-0.05, 0) is 47.0 Å². The minimum Gasteiger partial charge on any atom is -0.268 e. The van der Waals surface area contributed by atoms with E-state index in [1.165, 1.54) is 16.8 Å². The molecule has 1 saturated carbocycles. The lowest BCUT2D eigenvalue weighted by molar-refractivity contribution is 0.540. The standard InChI is InChI=1S/C15H16BrN3O3S/c16-12-3-1-2-4-14(12)23(21,22)17-9-10-19-15(20)8-7-13(18-19)11-5-6-11/h1-4,7-8,11,17H,5-6,9-10H2. The second-order valence-electron chi connectivity index (χ2n) is 5.42. The highest BCUT2D eigenvalue weighted by Crippen LogP contribution is 2.38. The van der Waals surface area contributed by atoms with Crippen molar-refractivity contribution in [1.82, 2.24) is 14.5 Å². The van der Waals surface area contributed by atoms with Crippen molar-refractivity contribution in [3.05, 3.63) is 56.9 Å². The lowest BCUT2D eigenvalue weighted by Gasteiger charge is -2.10. The Labute approximate surface area is 142 Å². The first-order valence-corrected chi connectivity index (χ1v) is 9.57. The van der Waals surface area contributed by atoms with Crippen LogP contribution >= 0.6 is 15.9 Å². The molecule has 0 unspecified atom stereocenters. The van der Waals surface area contributed by atoms with Crippen LogP contribution in [0.25, 0.3) is 0 Å². The van der Waals surface area contributed by atoms with Gasteiger partial charge in [0.2, 0.25) is 10.0 Å². The summed E-state index contributed by atoms with van der Waals surface area (Å²) in [7, 11) is -3.63. The van der Waals surface area contributed by atoms with E-state index in [-0.39, 0.29) is 23.5 Å². The minimum atomic E-state index is -3.63. The third-order valence-corrected chi connectivity index (χ3v) is 6.10. The highest BCUT2D eigenvalue weighted by Gasteiger charge is 2.25. The second kappa shape index (κ2) is 6.54. The molecule has 0 atom stereocenters. The second-order valence-corrected chi connectivity index (χ2v) is 8.01. The summed E-state index contributed by atoms with van der Waals surface area (Å²) in [4.78, 5) is 12.0. The van der Waals surface area contributed by atoms with E-state index in [1.54, 1.807) is 24.3 Å². The topological polar surface area (TPSA) is 81.1 Å². The predicted molar refractivity (Wildman–Crippen MR) is 89.8 cm³/mol. The number of hydrogen-bond donors (Lipinski definition) is 1.